The molecule has 20 heavy (non-hydrogen) atoms. The Balaban J connectivity index is 1.82. The predicted molar refractivity (Wildman–Crippen MR) is 84.8 cm³/mol. The fourth-order valence-corrected chi connectivity index (χ4v) is 2.86. The molecule has 112 valence electrons. The average Bonchev–Trinajstić information content (AvgIpc) is 2.38. The zero-order valence-corrected chi connectivity index (χ0v) is 13.6. The number of rotatable bonds is 6. The van der Waals surface area contributed by atoms with Crippen molar-refractivity contribution in [1.82, 2.24) is 5.32 Å². The fraction of sp³-hybridized carbons (Fsp3) is 0.667. The number of ether oxygens (including phenoxy) is 1. The van der Waals surface area contributed by atoms with Gasteiger partial charge >= 0.3 is 0 Å². The van der Waals surface area contributed by atoms with Crippen LogP contribution in [0, 0.1) is 18.3 Å². The molecular formula is C18H29NO. The molecule has 1 aromatic carbocycles. The molecule has 0 bridgehead atoms. The standard InChI is InChI=1S/C18H29NO/c1-13(2)12-20-17-10-16(18(17,4)5)19-11-15-9-7-6-8-14(15)3/h6-9,13,16-17,19H,10-12H2,1-5H3. The van der Waals surface area contributed by atoms with Gasteiger partial charge in [-0.2, -0.15) is 0 Å². The van der Waals surface area contributed by atoms with Crippen molar-refractivity contribution in [3.8, 4) is 0 Å². The van der Waals surface area contributed by atoms with E-state index in [2.05, 4.69) is 64.2 Å². The van der Waals surface area contributed by atoms with Crippen molar-refractivity contribution in [2.45, 2.75) is 59.7 Å². The van der Waals surface area contributed by atoms with E-state index in [0.717, 1.165) is 19.6 Å². The van der Waals surface area contributed by atoms with Crippen LogP contribution < -0.4 is 5.32 Å². The third kappa shape index (κ3) is 3.42. The molecule has 0 amide bonds. The third-order valence-electron chi connectivity index (χ3n) is 4.61. The van der Waals surface area contributed by atoms with Crippen molar-refractivity contribution in [2.75, 3.05) is 6.61 Å². The van der Waals surface area contributed by atoms with Gasteiger partial charge in [0.2, 0.25) is 0 Å². The van der Waals surface area contributed by atoms with Crippen LogP contribution in [0.15, 0.2) is 24.3 Å². The van der Waals surface area contributed by atoms with E-state index < -0.39 is 0 Å². The third-order valence-corrected chi connectivity index (χ3v) is 4.61. The smallest absolute Gasteiger partial charge is 0.0656 e. The van der Waals surface area contributed by atoms with Crippen LogP contribution in [0.2, 0.25) is 0 Å². The minimum Gasteiger partial charge on any atom is -0.377 e. The van der Waals surface area contributed by atoms with Crippen LogP contribution in [0.4, 0.5) is 0 Å². The lowest BCUT2D eigenvalue weighted by Crippen LogP contribution is -2.60. The summed E-state index contributed by atoms with van der Waals surface area (Å²) in [6.07, 6.45) is 1.53. The van der Waals surface area contributed by atoms with Gasteiger partial charge in [0.05, 0.1) is 6.10 Å². The lowest BCUT2D eigenvalue weighted by atomic mass is 9.64. The molecule has 1 aliphatic rings. The molecule has 0 aliphatic heterocycles. The summed E-state index contributed by atoms with van der Waals surface area (Å²) in [6, 6.07) is 9.16. The summed E-state index contributed by atoms with van der Waals surface area (Å²) in [5.41, 5.74) is 3.00. The van der Waals surface area contributed by atoms with Gasteiger partial charge in [-0.05, 0) is 30.4 Å². The monoisotopic (exact) mass is 275 g/mol. The highest BCUT2D eigenvalue weighted by atomic mass is 16.5. The molecule has 2 heteroatoms. The Morgan fingerprint density at radius 2 is 2.00 bits per heavy atom. The van der Waals surface area contributed by atoms with Gasteiger partial charge in [-0.15, -0.1) is 0 Å². The molecule has 2 atom stereocenters. The zero-order chi connectivity index (χ0) is 14.8. The van der Waals surface area contributed by atoms with Gasteiger partial charge in [0.25, 0.3) is 0 Å². The summed E-state index contributed by atoms with van der Waals surface area (Å²) in [4.78, 5) is 0. The lowest BCUT2D eigenvalue weighted by molar-refractivity contribution is -0.124. The highest BCUT2D eigenvalue weighted by molar-refractivity contribution is 5.25. The molecule has 2 nitrogen and oxygen atoms in total. The van der Waals surface area contributed by atoms with E-state index >= 15 is 0 Å². The maximum Gasteiger partial charge on any atom is 0.0656 e. The zero-order valence-electron chi connectivity index (χ0n) is 13.6. The molecule has 1 aromatic rings. The molecule has 1 N–H and O–H groups in total. The second-order valence-corrected chi connectivity index (χ2v) is 7.13. The van der Waals surface area contributed by atoms with E-state index in [-0.39, 0.29) is 5.41 Å². The topological polar surface area (TPSA) is 21.3 Å². The quantitative estimate of drug-likeness (QED) is 0.849. The highest BCUT2D eigenvalue weighted by Crippen LogP contribution is 2.43. The number of nitrogens with one attached hydrogen (secondary N) is 1. The van der Waals surface area contributed by atoms with E-state index in [1.807, 2.05) is 0 Å². The van der Waals surface area contributed by atoms with Crippen molar-refractivity contribution >= 4 is 0 Å². The number of hydrogen-bond acceptors (Lipinski definition) is 2. The molecule has 0 heterocycles. The van der Waals surface area contributed by atoms with Crippen molar-refractivity contribution < 1.29 is 4.74 Å². The van der Waals surface area contributed by atoms with Gasteiger partial charge in [-0.1, -0.05) is 52.0 Å². The maximum absolute atomic E-state index is 6.02. The first-order valence-corrected chi connectivity index (χ1v) is 7.80. The molecule has 0 aromatic heterocycles. The molecule has 2 rings (SSSR count). The van der Waals surface area contributed by atoms with Crippen molar-refractivity contribution in [2.24, 2.45) is 11.3 Å². The second-order valence-electron chi connectivity index (χ2n) is 7.13. The van der Waals surface area contributed by atoms with Crippen LogP contribution in [0.5, 0.6) is 0 Å². The Hall–Kier alpha value is -0.860. The number of hydrogen-bond donors (Lipinski definition) is 1. The summed E-state index contributed by atoms with van der Waals surface area (Å²) < 4.78 is 6.02. The van der Waals surface area contributed by atoms with E-state index in [1.165, 1.54) is 11.1 Å². The van der Waals surface area contributed by atoms with E-state index in [4.69, 9.17) is 4.74 Å². The molecule has 0 saturated heterocycles. The molecule has 1 saturated carbocycles. The van der Waals surface area contributed by atoms with Gasteiger partial charge < -0.3 is 10.1 Å². The maximum atomic E-state index is 6.02. The molecule has 0 spiro atoms. The van der Waals surface area contributed by atoms with E-state index in [0.29, 0.717) is 18.1 Å². The fourth-order valence-electron chi connectivity index (χ4n) is 2.86. The van der Waals surface area contributed by atoms with Gasteiger partial charge in [0.1, 0.15) is 0 Å². The number of aryl methyl sites for hydroxylation is 1. The van der Waals surface area contributed by atoms with E-state index in [1.54, 1.807) is 0 Å². The Morgan fingerprint density at radius 1 is 1.30 bits per heavy atom. The number of benzene rings is 1. The molecular weight excluding hydrogens is 246 g/mol. The largest absolute Gasteiger partial charge is 0.377 e. The van der Waals surface area contributed by atoms with Crippen molar-refractivity contribution in [1.29, 1.82) is 0 Å². The molecule has 0 radical (unpaired) electrons. The minimum atomic E-state index is 0.234. The van der Waals surface area contributed by atoms with Crippen LogP contribution in [0.3, 0.4) is 0 Å². The predicted octanol–water partition coefficient (Wildman–Crippen LogP) is 3.92. The van der Waals surface area contributed by atoms with Crippen LogP contribution >= 0.6 is 0 Å². The SMILES string of the molecule is Cc1ccccc1CNC1CC(OCC(C)C)C1(C)C. The van der Waals surface area contributed by atoms with Gasteiger partial charge in [-0.3, -0.25) is 0 Å². The average molecular weight is 275 g/mol. The summed E-state index contributed by atoms with van der Waals surface area (Å²) in [5, 5.41) is 3.70. The molecule has 1 aliphatic carbocycles. The molecule has 1 fully saturated rings. The first-order chi connectivity index (χ1) is 9.41. The van der Waals surface area contributed by atoms with Crippen molar-refractivity contribution in [3.63, 3.8) is 0 Å². The summed E-state index contributed by atoms with van der Waals surface area (Å²) >= 11 is 0. The molecule has 2 unspecified atom stereocenters. The van der Waals surface area contributed by atoms with Crippen molar-refractivity contribution in [3.05, 3.63) is 35.4 Å². The Labute approximate surface area is 123 Å². The lowest BCUT2D eigenvalue weighted by Gasteiger charge is -2.52. The minimum absolute atomic E-state index is 0.234. The first-order valence-electron chi connectivity index (χ1n) is 7.80. The van der Waals surface area contributed by atoms with Crippen LogP contribution in [0.1, 0.15) is 45.2 Å². The van der Waals surface area contributed by atoms with E-state index in [9.17, 15) is 0 Å². The highest BCUT2D eigenvalue weighted by Gasteiger charge is 2.48. The summed E-state index contributed by atoms with van der Waals surface area (Å²) in [5.74, 6) is 0.616. The van der Waals surface area contributed by atoms with Gasteiger partial charge in [-0.25, -0.2) is 0 Å². The van der Waals surface area contributed by atoms with Crippen LogP contribution in [-0.2, 0) is 11.3 Å². The Kier molecular flexibility index (Phi) is 4.87. The Bertz CT molecular complexity index is 439. The first kappa shape index (κ1) is 15.5. The summed E-state index contributed by atoms with van der Waals surface area (Å²) in [6.45, 7) is 13.1. The second kappa shape index (κ2) is 6.28. The van der Waals surface area contributed by atoms with Crippen LogP contribution in [0.25, 0.3) is 0 Å². The van der Waals surface area contributed by atoms with Gasteiger partial charge in [0, 0.05) is 24.6 Å². The normalized spacial score (nSPS) is 24.7. The van der Waals surface area contributed by atoms with Crippen LogP contribution in [-0.4, -0.2) is 18.8 Å². The van der Waals surface area contributed by atoms with Gasteiger partial charge in [0.15, 0.2) is 0 Å². The summed E-state index contributed by atoms with van der Waals surface area (Å²) in [7, 11) is 0. The Morgan fingerprint density at radius 3 is 2.60 bits per heavy atom.